The zero-order valence-corrected chi connectivity index (χ0v) is 13.6. The average Bonchev–Trinajstić information content (AvgIpc) is 2.52. The summed E-state index contributed by atoms with van der Waals surface area (Å²) in [7, 11) is 0. The maximum atomic E-state index is 12.3. The van der Waals surface area contributed by atoms with Gasteiger partial charge in [0.25, 0.3) is 0 Å². The minimum absolute atomic E-state index is 0.00208. The Morgan fingerprint density at radius 3 is 2.40 bits per heavy atom. The van der Waals surface area contributed by atoms with Crippen molar-refractivity contribution in [2.75, 3.05) is 6.54 Å². The van der Waals surface area contributed by atoms with Crippen LogP contribution >= 0.6 is 0 Å². The van der Waals surface area contributed by atoms with E-state index in [0.29, 0.717) is 13.0 Å². The van der Waals surface area contributed by atoms with E-state index in [9.17, 15) is 9.59 Å². The Labute approximate surface area is 122 Å². The Bertz CT molecular complexity index is 344. The number of rotatable bonds is 3. The molecule has 0 aromatic heterocycles. The molecule has 1 rings (SSSR count). The monoisotopic (exact) mass is 283 g/mol. The van der Waals surface area contributed by atoms with Crippen LogP contribution in [0.25, 0.3) is 0 Å². The van der Waals surface area contributed by atoms with Crippen LogP contribution in [0.1, 0.15) is 66.7 Å². The predicted molar refractivity (Wildman–Crippen MR) is 79.7 cm³/mol. The Morgan fingerprint density at radius 2 is 1.85 bits per heavy atom. The molecule has 1 saturated heterocycles. The molecule has 116 valence electrons. The lowest BCUT2D eigenvalue weighted by molar-refractivity contribution is -0.123. The summed E-state index contributed by atoms with van der Waals surface area (Å²) in [5, 5.41) is 0. The number of amides is 1. The highest BCUT2D eigenvalue weighted by Gasteiger charge is 2.31. The van der Waals surface area contributed by atoms with Gasteiger partial charge in [0, 0.05) is 24.9 Å². The molecule has 4 nitrogen and oxygen atoms in total. The van der Waals surface area contributed by atoms with Crippen molar-refractivity contribution < 1.29 is 14.3 Å². The summed E-state index contributed by atoms with van der Waals surface area (Å²) < 4.78 is 5.48. The lowest BCUT2D eigenvalue weighted by Gasteiger charge is -2.32. The Balaban J connectivity index is 2.75. The molecule has 0 aliphatic carbocycles. The summed E-state index contributed by atoms with van der Waals surface area (Å²) in [6.45, 7) is 10.1. The van der Waals surface area contributed by atoms with Crippen LogP contribution in [-0.4, -0.2) is 35.0 Å². The number of hydrogen-bond acceptors (Lipinski definition) is 3. The van der Waals surface area contributed by atoms with Gasteiger partial charge in [0.2, 0.25) is 0 Å². The zero-order valence-electron chi connectivity index (χ0n) is 13.6. The molecule has 1 aliphatic rings. The number of Topliss-reactive ketones (excluding diaryl/α,β-unsaturated/α-hetero) is 1. The molecular formula is C16H29NO3. The Kier molecular flexibility index (Phi) is 6.03. The molecule has 1 unspecified atom stereocenters. The molecule has 4 heteroatoms. The molecular weight excluding hydrogens is 254 g/mol. The molecule has 0 saturated carbocycles. The molecule has 20 heavy (non-hydrogen) atoms. The van der Waals surface area contributed by atoms with Crippen LogP contribution in [0.2, 0.25) is 0 Å². The number of nitrogens with zero attached hydrogens (tertiary/aromatic N) is 1. The fourth-order valence-corrected chi connectivity index (χ4v) is 2.42. The van der Waals surface area contributed by atoms with E-state index < -0.39 is 5.60 Å². The highest BCUT2D eigenvalue weighted by atomic mass is 16.6. The van der Waals surface area contributed by atoms with Gasteiger partial charge in [-0.3, -0.25) is 4.79 Å². The Morgan fingerprint density at radius 1 is 1.20 bits per heavy atom. The van der Waals surface area contributed by atoms with Crippen LogP contribution < -0.4 is 0 Å². The van der Waals surface area contributed by atoms with Crippen LogP contribution in [0, 0.1) is 5.92 Å². The molecule has 1 heterocycles. The number of ether oxygens (including phenoxy) is 1. The lowest BCUT2D eigenvalue weighted by Crippen LogP contribution is -2.44. The maximum Gasteiger partial charge on any atom is 0.410 e. The zero-order chi connectivity index (χ0) is 15.3. The maximum absolute atomic E-state index is 12.3. The smallest absolute Gasteiger partial charge is 0.410 e. The van der Waals surface area contributed by atoms with Crippen molar-refractivity contribution in [1.29, 1.82) is 0 Å². The van der Waals surface area contributed by atoms with Gasteiger partial charge < -0.3 is 9.64 Å². The van der Waals surface area contributed by atoms with Gasteiger partial charge in [0.1, 0.15) is 11.4 Å². The molecule has 0 spiro atoms. The number of hydrogen-bond donors (Lipinski definition) is 0. The van der Waals surface area contributed by atoms with Crippen molar-refractivity contribution in [3.8, 4) is 0 Å². The fraction of sp³-hybridized carbons (Fsp3) is 0.875. The van der Waals surface area contributed by atoms with Crippen LogP contribution in [0.5, 0.6) is 0 Å². The first-order valence-electron chi connectivity index (χ1n) is 7.73. The second-order valence-corrected chi connectivity index (χ2v) is 7.00. The third kappa shape index (κ3) is 5.51. The van der Waals surface area contributed by atoms with Gasteiger partial charge in [0.05, 0.1) is 0 Å². The number of carbonyl (C=O) groups excluding carboxylic acids is 2. The minimum atomic E-state index is -0.490. The first kappa shape index (κ1) is 17.0. The largest absolute Gasteiger partial charge is 0.444 e. The minimum Gasteiger partial charge on any atom is -0.444 e. The fourth-order valence-electron chi connectivity index (χ4n) is 2.42. The van der Waals surface area contributed by atoms with Gasteiger partial charge in [0.15, 0.2) is 0 Å². The van der Waals surface area contributed by atoms with Crippen LogP contribution in [-0.2, 0) is 9.53 Å². The van der Waals surface area contributed by atoms with Crippen molar-refractivity contribution >= 4 is 11.9 Å². The van der Waals surface area contributed by atoms with Crippen LogP contribution in [0.15, 0.2) is 0 Å². The van der Waals surface area contributed by atoms with Gasteiger partial charge in [-0.05, 0) is 33.6 Å². The molecule has 0 aromatic rings. The van der Waals surface area contributed by atoms with Crippen LogP contribution in [0.4, 0.5) is 4.79 Å². The van der Waals surface area contributed by atoms with E-state index in [1.54, 1.807) is 4.90 Å². The normalized spacial score (nSPS) is 20.7. The SMILES string of the molecule is CC(C)C(=O)CC1CCCCCN1C(=O)OC(C)(C)C. The lowest BCUT2D eigenvalue weighted by atomic mass is 9.98. The van der Waals surface area contributed by atoms with Crippen molar-refractivity contribution in [3.05, 3.63) is 0 Å². The molecule has 0 aromatic carbocycles. The van der Waals surface area contributed by atoms with E-state index in [2.05, 4.69) is 0 Å². The van der Waals surface area contributed by atoms with Crippen molar-refractivity contribution in [3.63, 3.8) is 0 Å². The molecule has 0 N–H and O–H groups in total. The van der Waals surface area contributed by atoms with E-state index in [4.69, 9.17) is 4.74 Å². The first-order valence-corrected chi connectivity index (χ1v) is 7.73. The van der Waals surface area contributed by atoms with Gasteiger partial charge >= 0.3 is 6.09 Å². The quantitative estimate of drug-likeness (QED) is 0.792. The average molecular weight is 283 g/mol. The van der Waals surface area contributed by atoms with E-state index >= 15 is 0 Å². The van der Waals surface area contributed by atoms with E-state index in [-0.39, 0.29) is 23.8 Å². The van der Waals surface area contributed by atoms with E-state index in [0.717, 1.165) is 25.7 Å². The summed E-state index contributed by atoms with van der Waals surface area (Å²) in [5.74, 6) is 0.254. The molecule has 1 atom stereocenters. The van der Waals surface area contributed by atoms with Crippen molar-refractivity contribution in [2.45, 2.75) is 78.4 Å². The van der Waals surface area contributed by atoms with Gasteiger partial charge in [-0.1, -0.05) is 26.7 Å². The standard InChI is InChI=1S/C16H29NO3/c1-12(2)14(18)11-13-9-7-6-8-10-17(13)15(19)20-16(3,4)5/h12-13H,6-11H2,1-5H3. The summed E-state index contributed by atoms with van der Waals surface area (Å²) in [6, 6.07) is 0.00208. The second kappa shape index (κ2) is 7.09. The van der Waals surface area contributed by atoms with E-state index in [1.165, 1.54) is 0 Å². The predicted octanol–water partition coefficient (Wildman–Crippen LogP) is 3.78. The van der Waals surface area contributed by atoms with Gasteiger partial charge in [-0.25, -0.2) is 4.79 Å². The van der Waals surface area contributed by atoms with Crippen molar-refractivity contribution in [2.24, 2.45) is 5.92 Å². The molecule has 1 aliphatic heterocycles. The van der Waals surface area contributed by atoms with Crippen LogP contribution in [0.3, 0.4) is 0 Å². The summed E-state index contributed by atoms with van der Waals surface area (Å²) >= 11 is 0. The van der Waals surface area contributed by atoms with Gasteiger partial charge in [-0.15, -0.1) is 0 Å². The summed E-state index contributed by atoms with van der Waals surface area (Å²) in [5.41, 5.74) is -0.490. The topological polar surface area (TPSA) is 46.6 Å². The summed E-state index contributed by atoms with van der Waals surface area (Å²) in [6.07, 6.45) is 4.27. The van der Waals surface area contributed by atoms with Crippen molar-refractivity contribution in [1.82, 2.24) is 4.90 Å². The third-order valence-corrected chi connectivity index (χ3v) is 3.59. The number of carbonyl (C=O) groups is 2. The molecule has 0 radical (unpaired) electrons. The molecule has 1 amide bonds. The second-order valence-electron chi connectivity index (χ2n) is 7.00. The number of likely N-dealkylation sites (tertiary alicyclic amines) is 1. The first-order chi connectivity index (χ1) is 9.20. The van der Waals surface area contributed by atoms with Gasteiger partial charge in [-0.2, -0.15) is 0 Å². The highest BCUT2D eigenvalue weighted by molar-refractivity contribution is 5.81. The highest BCUT2D eigenvalue weighted by Crippen LogP contribution is 2.23. The number of ketones is 1. The third-order valence-electron chi connectivity index (χ3n) is 3.59. The Hall–Kier alpha value is -1.06. The molecule has 1 fully saturated rings. The molecule has 0 bridgehead atoms. The van der Waals surface area contributed by atoms with E-state index in [1.807, 2.05) is 34.6 Å². The summed E-state index contributed by atoms with van der Waals surface area (Å²) in [4.78, 5) is 26.1.